The maximum Gasteiger partial charge on any atom is 0.326 e. The number of aromatic hydroxyl groups is 1. The van der Waals surface area contributed by atoms with Crippen LogP contribution < -0.4 is 33.2 Å². The number of benzene rings is 1. The van der Waals surface area contributed by atoms with Gasteiger partial charge in [0.05, 0.1) is 6.04 Å². The van der Waals surface area contributed by atoms with Crippen molar-refractivity contribution in [1.82, 2.24) is 16.0 Å². The van der Waals surface area contributed by atoms with Crippen LogP contribution in [0.2, 0.25) is 0 Å². The second-order valence-electron chi connectivity index (χ2n) is 8.55. The normalized spacial score (nSPS) is 13.7. The Morgan fingerprint density at radius 3 is 2.05 bits per heavy atom. The van der Waals surface area contributed by atoms with Gasteiger partial charge >= 0.3 is 11.9 Å². The van der Waals surface area contributed by atoms with Crippen molar-refractivity contribution in [2.45, 2.75) is 63.2 Å². The molecular formula is C23H35N7O8. The molecule has 0 radical (unpaired) electrons. The molecule has 0 aliphatic carbocycles. The number of phenolic OH excluding ortho intramolecular Hbond substituents is 1. The van der Waals surface area contributed by atoms with E-state index in [0.29, 0.717) is 5.56 Å². The van der Waals surface area contributed by atoms with Crippen molar-refractivity contribution in [2.24, 2.45) is 22.2 Å². The molecule has 4 unspecified atom stereocenters. The predicted octanol–water partition coefficient (Wildman–Crippen LogP) is -2.26. The number of carbonyl (C=O) groups excluding carboxylic acids is 3. The molecule has 0 fully saturated rings. The number of rotatable bonds is 16. The van der Waals surface area contributed by atoms with Crippen molar-refractivity contribution in [3.8, 4) is 5.75 Å². The third-order valence-corrected chi connectivity index (χ3v) is 5.33. The van der Waals surface area contributed by atoms with Crippen molar-refractivity contribution >= 4 is 35.6 Å². The van der Waals surface area contributed by atoms with E-state index in [1.165, 1.54) is 31.2 Å². The number of aliphatic carboxylic acids is 2. The van der Waals surface area contributed by atoms with E-state index < -0.39 is 53.8 Å². The van der Waals surface area contributed by atoms with Crippen LogP contribution in [0.4, 0.5) is 0 Å². The standard InChI is InChI=1S/C23H35N7O8/c1-12(19(34)29-16(22(37)38)3-2-10-27-23(25)26)28-21(36)17(11-13-4-6-14(31)7-5-13)30-20(35)15(24)8-9-18(32)33/h4-7,12,15-17,31H,2-3,8-11,24H2,1H3,(H,28,36)(H,29,34)(H,30,35)(H,32,33)(H,37,38)(H4,25,26,27). The topological polar surface area (TPSA) is 273 Å². The Balaban J connectivity index is 2.88. The van der Waals surface area contributed by atoms with E-state index in [-0.39, 0.29) is 50.4 Å². The minimum Gasteiger partial charge on any atom is -0.508 e. The second kappa shape index (κ2) is 15.7. The molecule has 1 aromatic rings. The number of phenols is 1. The molecule has 1 aromatic carbocycles. The van der Waals surface area contributed by atoms with Crippen LogP contribution in [-0.4, -0.2) is 81.7 Å². The van der Waals surface area contributed by atoms with Gasteiger partial charge in [-0.3, -0.25) is 24.2 Å². The number of carbonyl (C=O) groups is 5. The molecule has 0 saturated carbocycles. The zero-order valence-electron chi connectivity index (χ0n) is 20.9. The third kappa shape index (κ3) is 12.0. The molecule has 0 spiro atoms. The summed E-state index contributed by atoms with van der Waals surface area (Å²) in [6.07, 6.45) is -0.240. The number of hydrogen-bond acceptors (Lipinski definition) is 8. The Morgan fingerprint density at radius 1 is 0.895 bits per heavy atom. The van der Waals surface area contributed by atoms with Crippen LogP contribution in [0.15, 0.2) is 29.3 Å². The third-order valence-electron chi connectivity index (χ3n) is 5.33. The first kappa shape index (κ1) is 31.6. The molecule has 0 bridgehead atoms. The number of amides is 3. The summed E-state index contributed by atoms with van der Waals surface area (Å²) >= 11 is 0. The molecule has 1 rings (SSSR count). The lowest BCUT2D eigenvalue weighted by molar-refractivity contribution is -0.142. The lowest BCUT2D eigenvalue weighted by atomic mass is 10.0. The van der Waals surface area contributed by atoms with Crippen molar-refractivity contribution in [2.75, 3.05) is 6.54 Å². The predicted molar refractivity (Wildman–Crippen MR) is 136 cm³/mol. The molecule has 0 aromatic heterocycles. The van der Waals surface area contributed by atoms with E-state index in [2.05, 4.69) is 20.9 Å². The monoisotopic (exact) mass is 537 g/mol. The quantitative estimate of drug-likeness (QED) is 0.0616. The SMILES string of the molecule is CC(NC(=O)C(Cc1ccc(O)cc1)NC(=O)C(N)CCC(=O)O)C(=O)NC(CCCN=C(N)N)C(=O)O. The van der Waals surface area contributed by atoms with Crippen LogP contribution in [0, 0.1) is 0 Å². The van der Waals surface area contributed by atoms with E-state index >= 15 is 0 Å². The van der Waals surface area contributed by atoms with Crippen LogP contribution in [0.3, 0.4) is 0 Å². The van der Waals surface area contributed by atoms with Gasteiger partial charge in [-0.2, -0.15) is 0 Å². The first-order valence-electron chi connectivity index (χ1n) is 11.7. The van der Waals surface area contributed by atoms with Gasteiger partial charge in [0.25, 0.3) is 0 Å². The van der Waals surface area contributed by atoms with Crippen LogP contribution >= 0.6 is 0 Å². The molecule has 38 heavy (non-hydrogen) atoms. The highest BCUT2D eigenvalue weighted by Crippen LogP contribution is 2.12. The Hall–Kier alpha value is -4.40. The summed E-state index contributed by atoms with van der Waals surface area (Å²) in [5, 5.41) is 34.9. The molecule has 0 heterocycles. The molecular weight excluding hydrogens is 502 g/mol. The average Bonchev–Trinajstić information content (AvgIpc) is 2.84. The molecule has 4 atom stereocenters. The number of aliphatic imine (C=N–C) groups is 1. The smallest absolute Gasteiger partial charge is 0.326 e. The first-order valence-corrected chi connectivity index (χ1v) is 11.7. The number of nitrogens with zero attached hydrogens (tertiary/aromatic N) is 1. The fourth-order valence-electron chi connectivity index (χ4n) is 3.20. The van der Waals surface area contributed by atoms with Crippen LogP contribution in [0.25, 0.3) is 0 Å². The number of hydrogen-bond donors (Lipinski definition) is 9. The van der Waals surface area contributed by atoms with E-state index in [0.717, 1.165) is 0 Å². The molecule has 0 saturated heterocycles. The summed E-state index contributed by atoms with van der Waals surface area (Å²) in [5.41, 5.74) is 16.8. The highest BCUT2D eigenvalue weighted by Gasteiger charge is 2.28. The van der Waals surface area contributed by atoms with Gasteiger partial charge < -0.3 is 48.5 Å². The van der Waals surface area contributed by atoms with E-state index in [1.54, 1.807) is 0 Å². The van der Waals surface area contributed by atoms with Gasteiger partial charge in [-0.25, -0.2) is 4.79 Å². The summed E-state index contributed by atoms with van der Waals surface area (Å²) in [6.45, 7) is 1.51. The van der Waals surface area contributed by atoms with Gasteiger partial charge in [-0.05, 0) is 43.9 Å². The lowest BCUT2D eigenvalue weighted by Gasteiger charge is -2.23. The fraction of sp³-hybridized carbons (Fsp3) is 0.478. The molecule has 12 N–H and O–H groups in total. The number of guanidine groups is 1. The van der Waals surface area contributed by atoms with Gasteiger partial charge in [-0.1, -0.05) is 12.1 Å². The zero-order chi connectivity index (χ0) is 28.8. The summed E-state index contributed by atoms with van der Waals surface area (Å²) in [6, 6.07) is 0.993. The number of carboxylic acid groups (broad SMARTS) is 2. The maximum atomic E-state index is 13.0. The first-order chi connectivity index (χ1) is 17.8. The average molecular weight is 538 g/mol. The van der Waals surface area contributed by atoms with Crippen LogP contribution in [-0.2, 0) is 30.4 Å². The Kier molecular flexibility index (Phi) is 13.0. The number of nitrogens with two attached hydrogens (primary N) is 3. The fourth-order valence-corrected chi connectivity index (χ4v) is 3.20. The summed E-state index contributed by atoms with van der Waals surface area (Å²) in [4.78, 5) is 64.1. The van der Waals surface area contributed by atoms with Gasteiger partial charge in [0.15, 0.2) is 5.96 Å². The van der Waals surface area contributed by atoms with Crippen LogP contribution in [0.1, 0.15) is 38.2 Å². The maximum absolute atomic E-state index is 13.0. The molecule has 15 heteroatoms. The van der Waals surface area contributed by atoms with E-state index in [4.69, 9.17) is 22.3 Å². The van der Waals surface area contributed by atoms with E-state index in [1.807, 2.05) is 0 Å². The largest absolute Gasteiger partial charge is 0.508 e. The molecule has 210 valence electrons. The Labute approximate surface area is 218 Å². The van der Waals surface area contributed by atoms with Gasteiger partial charge in [0.2, 0.25) is 17.7 Å². The number of carboxylic acids is 2. The molecule has 0 aliphatic rings. The summed E-state index contributed by atoms with van der Waals surface area (Å²) < 4.78 is 0. The molecule has 0 aliphatic heterocycles. The van der Waals surface area contributed by atoms with Crippen molar-refractivity contribution < 1.29 is 39.3 Å². The van der Waals surface area contributed by atoms with Crippen molar-refractivity contribution in [3.05, 3.63) is 29.8 Å². The summed E-state index contributed by atoms with van der Waals surface area (Å²) in [7, 11) is 0. The van der Waals surface area contributed by atoms with Crippen molar-refractivity contribution in [3.63, 3.8) is 0 Å². The van der Waals surface area contributed by atoms with Crippen LogP contribution in [0.5, 0.6) is 5.75 Å². The van der Waals surface area contributed by atoms with Gasteiger partial charge in [-0.15, -0.1) is 0 Å². The van der Waals surface area contributed by atoms with Gasteiger partial charge in [0, 0.05) is 19.4 Å². The second-order valence-corrected chi connectivity index (χ2v) is 8.55. The Morgan fingerprint density at radius 2 is 1.50 bits per heavy atom. The summed E-state index contributed by atoms with van der Waals surface area (Å²) in [5.74, 6) is -4.88. The minimum atomic E-state index is -1.28. The van der Waals surface area contributed by atoms with Gasteiger partial charge in [0.1, 0.15) is 23.9 Å². The Bertz CT molecular complexity index is 1010. The molecule has 3 amide bonds. The van der Waals surface area contributed by atoms with Crippen molar-refractivity contribution in [1.29, 1.82) is 0 Å². The lowest BCUT2D eigenvalue weighted by Crippen LogP contribution is -2.56. The zero-order valence-corrected chi connectivity index (χ0v) is 20.9. The molecule has 15 nitrogen and oxygen atoms in total. The minimum absolute atomic E-state index is 0.00828. The van der Waals surface area contributed by atoms with E-state index in [9.17, 15) is 34.2 Å². The number of nitrogens with one attached hydrogen (secondary N) is 3. The highest BCUT2D eigenvalue weighted by molar-refractivity contribution is 5.94. The highest BCUT2D eigenvalue weighted by atomic mass is 16.4.